The van der Waals surface area contributed by atoms with E-state index < -0.39 is 0 Å². The molecule has 3 rings (SSSR count). The largest absolute Gasteiger partial charge is 0.367 e. The number of hydrogen-bond donors (Lipinski definition) is 3. The van der Waals surface area contributed by atoms with Crippen molar-refractivity contribution in [3.8, 4) is 0 Å². The molecular weight excluding hydrogens is 306 g/mol. The van der Waals surface area contributed by atoms with Crippen LogP contribution in [0.15, 0.2) is 18.3 Å². The number of imide groups is 1. The summed E-state index contributed by atoms with van der Waals surface area (Å²) in [5.41, 5.74) is 6.71. The highest BCUT2D eigenvalue weighted by atomic mass is 35.5. The van der Waals surface area contributed by atoms with E-state index in [0.717, 1.165) is 30.6 Å². The third kappa shape index (κ3) is 3.66. The number of urea groups is 1. The normalized spacial score (nSPS) is 24.1. The van der Waals surface area contributed by atoms with Gasteiger partial charge in [-0.25, -0.2) is 9.78 Å². The molecule has 22 heavy (non-hydrogen) atoms. The van der Waals surface area contributed by atoms with E-state index in [1.54, 1.807) is 6.20 Å². The van der Waals surface area contributed by atoms with Crippen LogP contribution in [0.3, 0.4) is 0 Å². The summed E-state index contributed by atoms with van der Waals surface area (Å²) in [5.74, 6) is 0.595. The van der Waals surface area contributed by atoms with Crippen LogP contribution < -0.4 is 16.4 Å². The van der Waals surface area contributed by atoms with Gasteiger partial charge in [0, 0.05) is 18.3 Å². The quantitative estimate of drug-likeness (QED) is 0.712. The molecule has 1 saturated heterocycles. The average molecular weight is 326 g/mol. The first-order chi connectivity index (χ1) is 10.1. The van der Waals surface area contributed by atoms with Crippen LogP contribution >= 0.6 is 12.4 Å². The van der Waals surface area contributed by atoms with E-state index in [4.69, 9.17) is 5.73 Å². The van der Waals surface area contributed by atoms with E-state index in [9.17, 15) is 9.59 Å². The number of halogens is 1. The van der Waals surface area contributed by atoms with Crippen LogP contribution in [-0.2, 0) is 11.3 Å². The molecule has 0 unspecified atom stereocenters. The zero-order valence-corrected chi connectivity index (χ0v) is 12.9. The van der Waals surface area contributed by atoms with E-state index in [2.05, 4.69) is 15.6 Å². The van der Waals surface area contributed by atoms with Gasteiger partial charge in [-0.15, -0.1) is 12.4 Å². The van der Waals surface area contributed by atoms with Crippen molar-refractivity contribution in [2.24, 2.45) is 5.73 Å². The second-order valence-corrected chi connectivity index (χ2v) is 5.60. The summed E-state index contributed by atoms with van der Waals surface area (Å²) in [7, 11) is 0. The summed E-state index contributed by atoms with van der Waals surface area (Å²) >= 11 is 0. The Morgan fingerprint density at radius 3 is 2.73 bits per heavy atom. The molecule has 0 aromatic carbocycles. The Morgan fingerprint density at radius 2 is 2.18 bits per heavy atom. The maximum atomic E-state index is 11.5. The van der Waals surface area contributed by atoms with E-state index in [-0.39, 0.29) is 43.5 Å². The van der Waals surface area contributed by atoms with Crippen molar-refractivity contribution in [1.82, 2.24) is 15.2 Å². The van der Waals surface area contributed by atoms with Crippen molar-refractivity contribution < 1.29 is 9.59 Å². The number of carbonyl (C=O) groups excluding carboxylic acids is 2. The number of nitrogens with two attached hydrogens (primary N) is 1. The summed E-state index contributed by atoms with van der Waals surface area (Å²) in [6.45, 7) is 0.333. The molecule has 7 nitrogen and oxygen atoms in total. The molecule has 4 N–H and O–H groups in total. The summed E-state index contributed by atoms with van der Waals surface area (Å²) in [6.07, 6.45) is 4.76. The predicted molar refractivity (Wildman–Crippen MR) is 84.7 cm³/mol. The van der Waals surface area contributed by atoms with Gasteiger partial charge >= 0.3 is 6.03 Å². The van der Waals surface area contributed by atoms with E-state index >= 15 is 0 Å². The number of carbonyl (C=O) groups is 2. The Balaban J connectivity index is 0.00000176. The minimum absolute atomic E-state index is 0. The molecule has 1 aliphatic carbocycles. The van der Waals surface area contributed by atoms with E-state index in [1.807, 2.05) is 12.1 Å². The third-order valence-corrected chi connectivity index (χ3v) is 3.93. The summed E-state index contributed by atoms with van der Waals surface area (Å²) in [5, 5.41) is 5.85. The maximum absolute atomic E-state index is 11.5. The lowest BCUT2D eigenvalue weighted by Gasteiger charge is -2.15. The van der Waals surface area contributed by atoms with Crippen molar-refractivity contribution in [3.05, 3.63) is 23.9 Å². The van der Waals surface area contributed by atoms with Gasteiger partial charge in [0.25, 0.3) is 0 Å². The fourth-order valence-electron chi connectivity index (χ4n) is 2.76. The molecule has 1 aliphatic heterocycles. The van der Waals surface area contributed by atoms with Crippen LogP contribution in [0, 0.1) is 0 Å². The van der Waals surface area contributed by atoms with Crippen molar-refractivity contribution in [2.75, 3.05) is 11.9 Å². The second kappa shape index (κ2) is 6.93. The van der Waals surface area contributed by atoms with Crippen molar-refractivity contribution in [1.29, 1.82) is 0 Å². The number of amides is 3. The van der Waals surface area contributed by atoms with Crippen LogP contribution in [0.1, 0.15) is 24.8 Å². The van der Waals surface area contributed by atoms with Crippen molar-refractivity contribution >= 4 is 30.2 Å². The molecule has 2 atom stereocenters. The van der Waals surface area contributed by atoms with Gasteiger partial charge in [-0.2, -0.15) is 0 Å². The van der Waals surface area contributed by atoms with Gasteiger partial charge in [0.05, 0.1) is 13.1 Å². The lowest BCUT2D eigenvalue weighted by molar-refractivity contribution is -0.125. The highest BCUT2D eigenvalue weighted by molar-refractivity contribution is 6.01. The number of pyridine rings is 1. The van der Waals surface area contributed by atoms with E-state index in [0.29, 0.717) is 6.04 Å². The zero-order chi connectivity index (χ0) is 14.8. The first-order valence-corrected chi connectivity index (χ1v) is 7.17. The van der Waals surface area contributed by atoms with Gasteiger partial charge in [-0.1, -0.05) is 6.07 Å². The van der Waals surface area contributed by atoms with Crippen LogP contribution in [0.2, 0.25) is 0 Å². The van der Waals surface area contributed by atoms with Gasteiger partial charge < -0.3 is 16.4 Å². The molecule has 3 amide bonds. The number of rotatable bonds is 4. The molecule has 8 heteroatoms. The molecule has 0 bridgehead atoms. The zero-order valence-electron chi connectivity index (χ0n) is 12.1. The Labute approximate surface area is 135 Å². The van der Waals surface area contributed by atoms with Crippen LogP contribution in [0.5, 0.6) is 0 Å². The fourth-order valence-corrected chi connectivity index (χ4v) is 2.76. The third-order valence-electron chi connectivity index (χ3n) is 3.93. The topological polar surface area (TPSA) is 100 Å². The predicted octanol–water partition coefficient (Wildman–Crippen LogP) is 0.847. The standard InChI is InChI=1S/C14H19N5O2.ClH/c15-10-2-3-11(5-10)18-12-4-1-9(6-16-12)8-19-13(20)7-17-14(19)21;/h1,4,6,10-11H,2-3,5,7-8,15H2,(H,16,18)(H,17,21);1H/t10-,11-;/m0./s1. The highest BCUT2D eigenvalue weighted by Gasteiger charge is 2.28. The molecule has 1 aromatic rings. The molecular formula is C14H20ClN5O2. The number of hydrogen-bond acceptors (Lipinski definition) is 5. The Morgan fingerprint density at radius 1 is 1.36 bits per heavy atom. The van der Waals surface area contributed by atoms with Crippen LogP contribution in [-0.4, -0.2) is 40.5 Å². The molecule has 2 aliphatic rings. The first-order valence-electron chi connectivity index (χ1n) is 7.17. The first kappa shape index (κ1) is 16.5. The number of aromatic nitrogens is 1. The van der Waals surface area contributed by atoms with Crippen molar-refractivity contribution in [2.45, 2.75) is 37.9 Å². The molecule has 120 valence electrons. The fraction of sp³-hybridized carbons (Fsp3) is 0.500. The monoisotopic (exact) mass is 325 g/mol. The minimum Gasteiger partial charge on any atom is -0.367 e. The summed E-state index contributed by atoms with van der Waals surface area (Å²) < 4.78 is 0. The molecule has 0 spiro atoms. The Kier molecular flexibility index (Phi) is 5.20. The Bertz CT molecular complexity index is 535. The molecule has 2 heterocycles. The SMILES string of the molecule is Cl.N[C@H]1CC[C@H](Nc2ccc(CN3C(=O)CNC3=O)cn2)C1. The lowest BCUT2D eigenvalue weighted by Crippen LogP contribution is -2.30. The smallest absolute Gasteiger partial charge is 0.324 e. The number of nitrogens with one attached hydrogen (secondary N) is 2. The van der Waals surface area contributed by atoms with Gasteiger partial charge in [0.2, 0.25) is 5.91 Å². The van der Waals surface area contributed by atoms with Crippen molar-refractivity contribution in [3.63, 3.8) is 0 Å². The van der Waals surface area contributed by atoms with Crippen LogP contribution in [0.25, 0.3) is 0 Å². The molecule has 0 radical (unpaired) electrons. The van der Waals surface area contributed by atoms with Gasteiger partial charge in [0.15, 0.2) is 0 Å². The van der Waals surface area contributed by atoms with E-state index in [1.165, 1.54) is 4.90 Å². The second-order valence-electron chi connectivity index (χ2n) is 5.60. The van der Waals surface area contributed by atoms with Gasteiger partial charge in [-0.05, 0) is 30.9 Å². The lowest BCUT2D eigenvalue weighted by atomic mass is 10.2. The number of nitrogens with zero attached hydrogens (tertiary/aromatic N) is 2. The van der Waals surface area contributed by atoms with Gasteiger partial charge in [-0.3, -0.25) is 9.69 Å². The highest BCUT2D eigenvalue weighted by Crippen LogP contribution is 2.21. The maximum Gasteiger partial charge on any atom is 0.324 e. The van der Waals surface area contributed by atoms with Gasteiger partial charge in [0.1, 0.15) is 5.82 Å². The average Bonchev–Trinajstić information content (AvgIpc) is 3.01. The molecule has 2 fully saturated rings. The minimum atomic E-state index is -0.345. The Hall–Kier alpha value is -1.86. The summed E-state index contributed by atoms with van der Waals surface area (Å²) in [6, 6.07) is 4.06. The summed E-state index contributed by atoms with van der Waals surface area (Å²) in [4.78, 5) is 28.5. The molecule has 1 aromatic heterocycles. The van der Waals surface area contributed by atoms with Crippen LogP contribution in [0.4, 0.5) is 10.6 Å². The molecule has 1 saturated carbocycles. The number of anilines is 1.